The second-order valence-corrected chi connectivity index (χ2v) is 3.72. The molecule has 1 aromatic heterocycles. The van der Waals surface area contributed by atoms with Crippen LogP contribution in [0.3, 0.4) is 0 Å². The molecule has 88 valence electrons. The average Bonchev–Trinajstić information content (AvgIpc) is 2.28. The third-order valence-corrected chi connectivity index (χ3v) is 2.22. The summed E-state index contributed by atoms with van der Waals surface area (Å²) in [4.78, 5) is 19.4. The Morgan fingerprint density at radius 1 is 1.44 bits per heavy atom. The molecule has 0 atom stereocenters. The SMILES string of the molecule is CN(CCO)C(=O)c1cccnc1N(C)C. The molecule has 1 aromatic rings. The highest BCUT2D eigenvalue weighted by Gasteiger charge is 2.16. The molecule has 0 spiro atoms. The predicted molar refractivity (Wildman–Crippen MR) is 62.6 cm³/mol. The van der Waals surface area contributed by atoms with Crippen LogP contribution in [0.4, 0.5) is 5.82 Å². The first kappa shape index (κ1) is 12.4. The zero-order chi connectivity index (χ0) is 12.1. The summed E-state index contributed by atoms with van der Waals surface area (Å²) in [6, 6.07) is 3.46. The lowest BCUT2D eigenvalue weighted by molar-refractivity contribution is 0.0767. The number of aromatic nitrogens is 1. The standard InChI is InChI=1S/C11H17N3O2/c1-13(2)10-9(5-4-6-12-10)11(16)14(3)7-8-15/h4-6,15H,7-8H2,1-3H3. The molecule has 0 aliphatic heterocycles. The lowest BCUT2D eigenvalue weighted by Gasteiger charge is -2.20. The smallest absolute Gasteiger partial charge is 0.257 e. The van der Waals surface area contributed by atoms with E-state index in [0.29, 0.717) is 17.9 Å². The van der Waals surface area contributed by atoms with Gasteiger partial charge in [-0.25, -0.2) is 4.98 Å². The Morgan fingerprint density at radius 3 is 2.69 bits per heavy atom. The molecule has 1 N–H and O–H groups in total. The fraction of sp³-hybridized carbons (Fsp3) is 0.455. The molecule has 16 heavy (non-hydrogen) atoms. The maximum atomic E-state index is 12.0. The molecule has 0 unspecified atom stereocenters. The van der Waals surface area contributed by atoms with Crippen molar-refractivity contribution in [1.29, 1.82) is 0 Å². The summed E-state index contributed by atoms with van der Waals surface area (Å²) in [6.45, 7) is 0.278. The first-order valence-corrected chi connectivity index (χ1v) is 5.06. The highest BCUT2D eigenvalue weighted by atomic mass is 16.3. The molecule has 0 aliphatic carbocycles. The van der Waals surface area contributed by atoms with E-state index in [1.807, 2.05) is 14.1 Å². The van der Waals surface area contributed by atoms with Crippen LogP contribution in [0.25, 0.3) is 0 Å². The van der Waals surface area contributed by atoms with Crippen LogP contribution in [-0.4, -0.2) is 55.2 Å². The minimum Gasteiger partial charge on any atom is -0.395 e. The number of aliphatic hydroxyl groups excluding tert-OH is 1. The summed E-state index contributed by atoms with van der Waals surface area (Å²) in [5, 5.41) is 8.79. The number of carbonyl (C=O) groups excluding carboxylic acids is 1. The topological polar surface area (TPSA) is 56.7 Å². The summed E-state index contributed by atoms with van der Waals surface area (Å²) in [7, 11) is 5.33. The van der Waals surface area contributed by atoms with Gasteiger partial charge in [0.05, 0.1) is 12.2 Å². The van der Waals surface area contributed by atoms with E-state index in [-0.39, 0.29) is 12.5 Å². The Bertz CT molecular complexity index is 366. The largest absolute Gasteiger partial charge is 0.395 e. The third kappa shape index (κ3) is 2.70. The van der Waals surface area contributed by atoms with Gasteiger partial charge in [-0.3, -0.25) is 4.79 Å². The van der Waals surface area contributed by atoms with E-state index in [2.05, 4.69) is 4.98 Å². The Labute approximate surface area is 95.3 Å². The number of anilines is 1. The number of nitrogens with zero attached hydrogens (tertiary/aromatic N) is 3. The van der Waals surface area contributed by atoms with Crippen LogP contribution in [0.5, 0.6) is 0 Å². The molecule has 0 saturated heterocycles. The second-order valence-electron chi connectivity index (χ2n) is 3.72. The van der Waals surface area contributed by atoms with Crippen LogP contribution < -0.4 is 4.90 Å². The van der Waals surface area contributed by atoms with Gasteiger partial charge in [-0.05, 0) is 12.1 Å². The minimum atomic E-state index is -0.133. The Balaban J connectivity index is 2.99. The molecule has 1 amide bonds. The molecule has 5 heteroatoms. The van der Waals surface area contributed by atoms with Crippen LogP contribution in [0.15, 0.2) is 18.3 Å². The lowest BCUT2D eigenvalue weighted by Crippen LogP contribution is -2.31. The number of rotatable bonds is 4. The number of hydrogen-bond acceptors (Lipinski definition) is 4. The highest BCUT2D eigenvalue weighted by molar-refractivity contribution is 5.98. The monoisotopic (exact) mass is 223 g/mol. The molecule has 1 heterocycles. The molecular weight excluding hydrogens is 206 g/mol. The number of amides is 1. The van der Waals surface area contributed by atoms with Crippen molar-refractivity contribution in [2.24, 2.45) is 0 Å². The summed E-state index contributed by atoms with van der Waals surface area (Å²) in [5.41, 5.74) is 0.545. The van der Waals surface area contributed by atoms with E-state index in [1.165, 1.54) is 4.90 Å². The Morgan fingerprint density at radius 2 is 2.12 bits per heavy atom. The lowest BCUT2D eigenvalue weighted by atomic mass is 10.2. The molecule has 0 aliphatic rings. The molecule has 0 radical (unpaired) electrons. The number of pyridine rings is 1. The fourth-order valence-electron chi connectivity index (χ4n) is 1.38. The molecule has 5 nitrogen and oxygen atoms in total. The van der Waals surface area contributed by atoms with Gasteiger partial charge >= 0.3 is 0 Å². The normalized spacial score (nSPS) is 10.0. The van der Waals surface area contributed by atoms with Gasteiger partial charge in [-0.1, -0.05) is 0 Å². The molecule has 0 saturated carbocycles. The van der Waals surface area contributed by atoms with Crippen molar-refractivity contribution < 1.29 is 9.90 Å². The van der Waals surface area contributed by atoms with Crippen molar-refractivity contribution in [3.8, 4) is 0 Å². The van der Waals surface area contributed by atoms with Crippen molar-refractivity contribution in [1.82, 2.24) is 9.88 Å². The number of likely N-dealkylation sites (N-methyl/N-ethyl adjacent to an activating group) is 1. The summed E-state index contributed by atoms with van der Waals surface area (Å²) >= 11 is 0. The number of hydrogen-bond donors (Lipinski definition) is 1. The molecule has 0 fully saturated rings. The first-order chi connectivity index (χ1) is 7.57. The quantitative estimate of drug-likeness (QED) is 0.793. The fourth-order valence-corrected chi connectivity index (χ4v) is 1.38. The van der Waals surface area contributed by atoms with Crippen LogP contribution in [0.1, 0.15) is 10.4 Å². The minimum absolute atomic E-state index is 0.0419. The molecule has 0 bridgehead atoms. The van der Waals surface area contributed by atoms with Gasteiger partial charge in [0.15, 0.2) is 0 Å². The van der Waals surface area contributed by atoms with Gasteiger partial charge < -0.3 is 14.9 Å². The molecule has 0 aromatic carbocycles. The van der Waals surface area contributed by atoms with Gasteiger partial charge in [0, 0.05) is 33.9 Å². The zero-order valence-corrected chi connectivity index (χ0v) is 9.84. The summed E-state index contributed by atoms with van der Waals surface area (Å²) in [6.07, 6.45) is 1.65. The number of carbonyl (C=O) groups is 1. The molecule has 1 rings (SSSR count). The van der Waals surface area contributed by atoms with Gasteiger partial charge in [-0.15, -0.1) is 0 Å². The maximum Gasteiger partial charge on any atom is 0.257 e. The number of aliphatic hydroxyl groups is 1. The first-order valence-electron chi connectivity index (χ1n) is 5.06. The van der Waals surface area contributed by atoms with Crippen molar-refractivity contribution in [2.75, 3.05) is 39.2 Å². The summed E-state index contributed by atoms with van der Waals surface area (Å²) in [5.74, 6) is 0.503. The zero-order valence-electron chi connectivity index (χ0n) is 9.84. The van der Waals surface area contributed by atoms with Crippen molar-refractivity contribution in [3.05, 3.63) is 23.9 Å². The van der Waals surface area contributed by atoms with Gasteiger partial charge in [-0.2, -0.15) is 0 Å². The van der Waals surface area contributed by atoms with E-state index < -0.39 is 0 Å². The second kappa shape index (κ2) is 5.46. The Hall–Kier alpha value is -1.62. The average molecular weight is 223 g/mol. The van der Waals surface area contributed by atoms with Gasteiger partial charge in [0.1, 0.15) is 5.82 Å². The van der Waals surface area contributed by atoms with Crippen molar-refractivity contribution >= 4 is 11.7 Å². The van der Waals surface area contributed by atoms with Crippen LogP contribution >= 0.6 is 0 Å². The maximum absolute atomic E-state index is 12.0. The Kier molecular flexibility index (Phi) is 4.25. The molecular formula is C11H17N3O2. The van der Waals surface area contributed by atoms with Crippen molar-refractivity contribution in [3.63, 3.8) is 0 Å². The predicted octanol–water partition coefficient (Wildman–Crippen LogP) is 0.212. The van der Waals surface area contributed by atoms with E-state index in [4.69, 9.17) is 5.11 Å². The van der Waals surface area contributed by atoms with E-state index in [0.717, 1.165) is 0 Å². The van der Waals surface area contributed by atoms with Crippen molar-refractivity contribution in [2.45, 2.75) is 0 Å². The van der Waals surface area contributed by atoms with Gasteiger partial charge in [0.2, 0.25) is 0 Å². The van der Waals surface area contributed by atoms with Crippen LogP contribution in [0.2, 0.25) is 0 Å². The summed E-state index contributed by atoms with van der Waals surface area (Å²) < 4.78 is 0. The van der Waals surface area contributed by atoms with E-state index in [1.54, 1.807) is 30.3 Å². The van der Waals surface area contributed by atoms with Gasteiger partial charge in [0.25, 0.3) is 5.91 Å². The van der Waals surface area contributed by atoms with E-state index >= 15 is 0 Å². The highest BCUT2D eigenvalue weighted by Crippen LogP contribution is 2.15. The van der Waals surface area contributed by atoms with Crippen LogP contribution in [-0.2, 0) is 0 Å². The van der Waals surface area contributed by atoms with E-state index in [9.17, 15) is 4.79 Å². The van der Waals surface area contributed by atoms with Crippen LogP contribution in [0, 0.1) is 0 Å². The third-order valence-electron chi connectivity index (χ3n) is 2.22.